The lowest BCUT2D eigenvalue weighted by atomic mass is 10.2. The van der Waals surface area contributed by atoms with Gasteiger partial charge in [-0.3, -0.25) is 0 Å². The lowest BCUT2D eigenvalue weighted by Crippen LogP contribution is -2.20. The van der Waals surface area contributed by atoms with Crippen LogP contribution in [0.5, 0.6) is 0 Å². The number of anilines is 5. The van der Waals surface area contributed by atoms with Crippen LogP contribution in [-0.4, -0.2) is 16.5 Å². The van der Waals surface area contributed by atoms with Crippen molar-refractivity contribution in [1.29, 1.82) is 0 Å². The largest absolute Gasteiger partial charge is 0.393 e. The van der Waals surface area contributed by atoms with Crippen molar-refractivity contribution in [1.82, 2.24) is 9.97 Å². The van der Waals surface area contributed by atoms with E-state index in [1.807, 2.05) is 36.4 Å². The van der Waals surface area contributed by atoms with Crippen LogP contribution in [-0.2, 0) is 0 Å². The number of rotatable bonds is 5. The fourth-order valence-corrected chi connectivity index (χ4v) is 2.84. The predicted molar refractivity (Wildman–Crippen MR) is 105 cm³/mol. The summed E-state index contributed by atoms with van der Waals surface area (Å²) in [5, 5.41) is 3.85. The lowest BCUT2D eigenvalue weighted by molar-refractivity contribution is 0.979. The molecule has 6 heteroatoms. The van der Waals surface area contributed by atoms with Gasteiger partial charge in [-0.2, -0.15) is 0 Å². The normalized spacial score (nSPS) is 10.5. The van der Waals surface area contributed by atoms with Crippen LogP contribution < -0.4 is 16.0 Å². The molecule has 3 aromatic rings. The highest BCUT2D eigenvalue weighted by Crippen LogP contribution is 2.33. The van der Waals surface area contributed by atoms with E-state index >= 15 is 0 Å². The van der Waals surface area contributed by atoms with E-state index in [2.05, 4.69) is 46.2 Å². The second kappa shape index (κ2) is 7.40. The molecule has 1 aromatic heterocycles. The van der Waals surface area contributed by atoms with Gasteiger partial charge in [-0.25, -0.2) is 9.97 Å². The van der Waals surface area contributed by atoms with Crippen LogP contribution in [0.4, 0.5) is 28.7 Å². The Hall–Kier alpha value is -2.79. The first-order valence-electron chi connectivity index (χ1n) is 8.05. The summed E-state index contributed by atoms with van der Waals surface area (Å²) in [6.45, 7) is 4.86. The molecular weight excluding hydrogens is 334 g/mol. The Balaban J connectivity index is 1.97. The van der Waals surface area contributed by atoms with E-state index in [0.717, 1.165) is 17.9 Å². The Morgan fingerprint density at radius 2 is 1.92 bits per heavy atom. The van der Waals surface area contributed by atoms with E-state index in [0.29, 0.717) is 22.3 Å². The molecular formula is C19H20ClN5. The Morgan fingerprint density at radius 1 is 1.12 bits per heavy atom. The predicted octanol–water partition coefficient (Wildman–Crippen LogP) is 4.92. The number of benzene rings is 2. The molecule has 3 rings (SSSR count). The summed E-state index contributed by atoms with van der Waals surface area (Å²) >= 11 is 6.04. The van der Waals surface area contributed by atoms with Gasteiger partial charge >= 0.3 is 0 Å². The number of nitrogens with one attached hydrogen (secondary N) is 1. The van der Waals surface area contributed by atoms with Crippen LogP contribution in [0.25, 0.3) is 0 Å². The van der Waals surface area contributed by atoms with Gasteiger partial charge in [-0.1, -0.05) is 29.8 Å². The number of nitrogens with zero attached hydrogens (tertiary/aromatic N) is 3. The van der Waals surface area contributed by atoms with E-state index in [1.54, 1.807) is 0 Å². The molecule has 2 aromatic carbocycles. The molecule has 0 aliphatic rings. The van der Waals surface area contributed by atoms with Crippen LogP contribution in [0.3, 0.4) is 0 Å². The maximum absolute atomic E-state index is 6.36. The first-order chi connectivity index (χ1) is 12.1. The Bertz CT molecular complexity index is 881. The van der Waals surface area contributed by atoms with Crippen LogP contribution in [0.15, 0.2) is 54.9 Å². The van der Waals surface area contributed by atoms with Crippen molar-refractivity contribution in [2.45, 2.75) is 13.8 Å². The van der Waals surface area contributed by atoms with Gasteiger partial charge in [-0.05, 0) is 49.7 Å². The number of hydrogen-bond donors (Lipinski definition) is 2. The average Bonchev–Trinajstić information content (AvgIpc) is 2.59. The smallest absolute Gasteiger partial charge is 0.161 e. The molecule has 0 amide bonds. The molecule has 0 aliphatic carbocycles. The van der Waals surface area contributed by atoms with Gasteiger partial charge in [0.1, 0.15) is 12.0 Å². The molecule has 0 radical (unpaired) electrons. The van der Waals surface area contributed by atoms with Gasteiger partial charge in [0.05, 0.1) is 0 Å². The van der Waals surface area contributed by atoms with Crippen LogP contribution in [0.1, 0.15) is 12.5 Å². The molecule has 5 nitrogen and oxygen atoms in total. The third-order valence-electron chi connectivity index (χ3n) is 3.84. The van der Waals surface area contributed by atoms with Crippen molar-refractivity contribution >= 4 is 40.3 Å². The zero-order valence-corrected chi connectivity index (χ0v) is 15.0. The van der Waals surface area contributed by atoms with E-state index in [-0.39, 0.29) is 0 Å². The maximum atomic E-state index is 6.36. The molecule has 0 unspecified atom stereocenters. The Kier molecular flexibility index (Phi) is 5.05. The van der Waals surface area contributed by atoms with Gasteiger partial charge in [-0.15, -0.1) is 0 Å². The second-order valence-corrected chi connectivity index (χ2v) is 6.11. The number of aryl methyl sites for hydroxylation is 1. The quantitative estimate of drug-likeness (QED) is 0.681. The second-order valence-electron chi connectivity index (χ2n) is 5.68. The minimum atomic E-state index is 0.492. The fourth-order valence-electron chi connectivity index (χ4n) is 2.65. The summed E-state index contributed by atoms with van der Waals surface area (Å²) < 4.78 is 0. The Morgan fingerprint density at radius 3 is 2.64 bits per heavy atom. The van der Waals surface area contributed by atoms with Crippen molar-refractivity contribution < 1.29 is 0 Å². The standard InChI is InChI=1S/C19H20ClN5/c1-3-25(16-9-4-6-13(2)10-16)19-17(21)18(22-12-23-19)24-15-8-5-7-14(20)11-15/h4-12H,3,21H2,1-2H3,(H,22,23,24). The molecule has 3 N–H and O–H groups in total. The van der Waals surface area contributed by atoms with Crippen molar-refractivity contribution in [3.05, 3.63) is 65.4 Å². The molecule has 0 spiro atoms. The summed E-state index contributed by atoms with van der Waals surface area (Å²) in [5.74, 6) is 1.23. The lowest BCUT2D eigenvalue weighted by Gasteiger charge is -2.24. The van der Waals surface area contributed by atoms with Gasteiger partial charge in [0.25, 0.3) is 0 Å². The molecule has 128 valence electrons. The molecule has 25 heavy (non-hydrogen) atoms. The highest BCUT2D eigenvalue weighted by Gasteiger charge is 2.16. The van der Waals surface area contributed by atoms with Gasteiger partial charge in [0, 0.05) is 22.9 Å². The summed E-state index contributed by atoms with van der Waals surface area (Å²) in [6, 6.07) is 15.7. The van der Waals surface area contributed by atoms with Gasteiger partial charge < -0.3 is 16.0 Å². The molecule has 0 fully saturated rings. The molecule has 0 saturated carbocycles. The summed E-state index contributed by atoms with van der Waals surface area (Å²) in [6.07, 6.45) is 1.51. The molecule has 0 atom stereocenters. The fraction of sp³-hybridized carbons (Fsp3) is 0.158. The van der Waals surface area contributed by atoms with Gasteiger partial charge in [0.15, 0.2) is 11.6 Å². The zero-order valence-electron chi connectivity index (χ0n) is 14.2. The van der Waals surface area contributed by atoms with E-state index in [9.17, 15) is 0 Å². The molecule has 1 heterocycles. The zero-order chi connectivity index (χ0) is 17.8. The number of halogens is 1. The maximum Gasteiger partial charge on any atom is 0.161 e. The third kappa shape index (κ3) is 3.83. The monoisotopic (exact) mass is 353 g/mol. The highest BCUT2D eigenvalue weighted by atomic mass is 35.5. The van der Waals surface area contributed by atoms with E-state index in [4.69, 9.17) is 17.3 Å². The number of nitrogens with two attached hydrogens (primary N) is 1. The first kappa shape index (κ1) is 17.0. The highest BCUT2D eigenvalue weighted by molar-refractivity contribution is 6.30. The summed E-state index contributed by atoms with van der Waals surface area (Å²) in [7, 11) is 0. The number of nitrogen functional groups attached to an aromatic ring is 1. The third-order valence-corrected chi connectivity index (χ3v) is 4.07. The van der Waals surface area contributed by atoms with E-state index < -0.39 is 0 Å². The molecule has 0 aliphatic heterocycles. The van der Waals surface area contributed by atoms with Crippen LogP contribution in [0, 0.1) is 6.92 Å². The number of hydrogen-bond acceptors (Lipinski definition) is 5. The van der Waals surface area contributed by atoms with Gasteiger partial charge in [0.2, 0.25) is 0 Å². The summed E-state index contributed by atoms with van der Waals surface area (Å²) in [5.41, 5.74) is 9.90. The molecule has 0 saturated heterocycles. The number of aromatic nitrogens is 2. The molecule has 0 bridgehead atoms. The van der Waals surface area contributed by atoms with Crippen LogP contribution >= 0.6 is 11.6 Å². The Labute approximate surface area is 152 Å². The minimum Gasteiger partial charge on any atom is -0.393 e. The van der Waals surface area contributed by atoms with Crippen molar-refractivity contribution in [3.63, 3.8) is 0 Å². The average molecular weight is 354 g/mol. The van der Waals surface area contributed by atoms with E-state index in [1.165, 1.54) is 11.9 Å². The van der Waals surface area contributed by atoms with Crippen molar-refractivity contribution in [2.24, 2.45) is 0 Å². The van der Waals surface area contributed by atoms with Crippen LogP contribution in [0.2, 0.25) is 5.02 Å². The SMILES string of the molecule is CCN(c1cccc(C)c1)c1ncnc(Nc2cccc(Cl)c2)c1N. The minimum absolute atomic E-state index is 0.492. The van der Waals surface area contributed by atoms with Crippen molar-refractivity contribution in [3.8, 4) is 0 Å². The first-order valence-corrected chi connectivity index (χ1v) is 8.43. The topological polar surface area (TPSA) is 67.1 Å². The van der Waals surface area contributed by atoms with Crippen molar-refractivity contribution in [2.75, 3.05) is 22.5 Å². The summed E-state index contributed by atoms with van der Waals surface area (Å²) in [4.78, 5) is 10.7.